The van der Waals surface area contributed by atoms with Gasteiger partial charge in [0.1, 0.15) is 11.4 Å². The fraction of sp³-hybridized carbons (Fsp3) is 0.235. The predicted octanol–water partition coefficient (Wildman–Crippen LogP) is 4.92. The lowest BCUT2D eigenvalue weighted by atomic mass is 9.75. The molecule has 5 aromatic rings. The zero-order chi connectivity index (χ0) is 28.0. The average molecular weight is 541 g/mol. The van der Waals surface area contributed by atoms with Gasteiger partial charge in [0.15, 0.2) is 0 Å². The van der Waals surface area contributed by atoms with Gasteiger partial charge in [-0.25, -0.2) is 9.88 Å². The minimum absolute atomic E-state index is 0.177. The molecule has 2 amide bonds. The number of anilines is 1. The van der Waals surface area contributed by atoms with Crippen LogP contribution >= 0.6 is 0 Å². The van der Waals surface area contributed by atoms with Crippen molar-refractivity contribution in [3.8, 4) is 5.69 Å². The van der Waals surface area contributed by atoms with Crippen LogP contribution in [0.15, 0.2) is 95.8 Å². The predicted molar refractivity (Wildman–Crippen MR) is 158 cm³/mol. The number of carbonyl (C=O) groups is 2. The molecule has 4 heterocycles. The van der Waals surface area contributed by atoms with Gasteiger partial charge in [0, 0.05) is 11.6 Å². The van der Waals surface area contributed by atoms with Crippen LogP contribution in [0.4, 0.5) is 5.69 Å². The molecule has 2 fully saturated rings. The summed E-state index contributed by atoms with van der Waals surface area (Å²) in [6.45, 7) is 4.24. The van der Waals surface area contributed by atoms with Crippen LogP contribution in [0.3, 0.4) is 0 Å². The zero-order valence-corrected chi connectivity index (χ0v) is 22.7. The number of fused-ring (bicyclic) bond motifs is 9. The standard InChI is InChI=1S/C34H28N4O3/c1-19(2)17-26-28-29(32(41)37(31(28)40)22-16-15-20-9-3-4-10-21(20)18-22)34(36-26)24-12-6-8-14-27(24)38-30(39)23-11-5-7-13-25(23)35-33(34)38/h3-16,18-19,26,28-29,36H,17H2,1-2H3/t26?,28-,29+,34?/m0/s1. The van der Waals surface area contributed by atoms with E-state index >= 15 is 0 Å². The maximum Gasteiger partial charge on any atom is 0.266 e. The highest BCUT2D eigenvalue weighted by molar-refractivity contribution is 6.23. The van der Waals surface area contributed by atoms with Gasteiger partial charge in [0.2, 0.25) is 11.8 Å². The van der Waals surface area contributed by atoms with Gasteiger partial charge in [-0.2, -0.15) is 0 Å². The molecule has 1 N–H and O–H groups in total. The molecule has 1 spiro atoms. The first-order chi connectivity index (χ1) is 19.9. The first-order valence-corrected chi connectivity index (χ1v) is 14.2. The van der Waals surface area contributed by atoms with E-state index in [0.717, 1.165) is 16.3 Å². The number of nitrogens with one attached hydrogen (secondary N) is 1. The first kappa shape index (κ1) is 24.2. The second-order valence-corrected chi connectivity index (χ2v) is 11.8. The van der Waals surface area contributed by atoms with E-state index in [4.69, 9.17) is 4.98 Å². The number of carbonyl (C=O) groups excluding carboxylic acids is 2. The first-order valence-electron chi connectivity index (χ1n) is 14.2. The number of hydrogen-bond acceptors (Lipinski definition) is 5. The lowest BCUT2D eigenvalue weighted by Gasteiger charge is -2.32. The van der Waals surface area contributed by atoms with E-state index in [1.54, 1.807) is 10.6 Å². The summed E-state index contributed by atoms with van der Waals surface area (Å²) < 4.78 is 1.65. The van der Waals surface area contributed by atoms with E-state index in [2.05, 4.69) is 19.2 Å². The molecule has 1 aromatic heterocycles. The van der Waals surface area contributed by atoms with Crippen LogP contribution < -0.4 is 15.8 Å². The molecular weight excluding hydrogens is 512 g/mol. The van der Waals surface area contributed by atoms with Gasteiger partial charge in [-0.1, -0.05) is 74.5 Å². The second kappa shape index (κ2) is 8.44. The topological polar surface area (TPSA) is 84.3 Å². The second-order valence-electron chi connectivity index (χ2n) is 11.8. The van der Waals surface area contributed by atoms with Gasteiger partial charge in [-0.15, -0.1) is 0 Å². The van der Waals surface area contributed by atoms with E-state index < -0.39 is 17.4 Å². The number of nitrogens with zero attached hydrogens (tertiary/aromatic N) is 3. The Kier molecular flexibility index (Phi) is 4.98. The fourth-order valence-corrected chi connectivity index (χ4v) is 7.50. The minimum atomic E-state index is -1.12. The van der Waals surface area contributed by atoms with Crippen molar-refractivity contribution in [1.82, 2.24) is 14.9 Å². The Hall–Kier alpha value is -4.62. The normalized spacial score (nSPS) is 24.6. The van der Waals surface area contributed by atoms with E-state index in [-0.39, 0.29) is 29.3 Å². The molecular formula is C34H28N4O3. The third kappa shape index (κ3) is 3.12. The molecule has 0 aliphatic carbocycles. The lowest BCUT2D eigenvalue weighted by molar-refractivity contribution is -0.123. The van der Waals surface area contributed by atoms with Crippen LogP contribution in [0.1, 0.15) is 31.7 Å². The number of aromatic nitrogens is 2. The summed E-state index contributed by atoms with van der Waals surface area (Å²) in [6.07, 6.45) is 0.702. The van der Waals surface area contributed by atoms with Gasteiger partial charge < -0.3 is 0 Å². The van der Waals surface area contributed by atoms with Crippen molar-refractivity contribution in [2.45, 2.75) is 31.8 Å². The van der Waals surface area contributed by atoms with Gasteiger partial charge >= 0.3 is 0 Å². The molecule has 41 heavy (non-hydrogen) atoms. The highest BCUT2D eigenvalue weighted by atomic mass is 16.2. The molecule has 8 rings (SSSR count). The Morgan fingerprint density at radius 1 is 0.854 bits per heavy atom. The zero-order valence-electron chi connectivity index (χ0n) is 22.7. The fourth-order valence-electron chi connectivity index (χ4n) is 7.50. The molecule has 0 saturated carbocycles. The van der Waals surface area contributed by atoms with Crippen LogP contribution in [-0.4, -0.2) is 27.4 Å². The summed E-state index contributed by atoms with van der Waals surface area (Å²) in [7, 11) is 0. The Morgan fingerprint density at radius 2 is 1.59 bits per heavy atom. The molecule has 2 saturated heterocycles. The summed E-state index contributed by atoms with van der Waals surface area (Å²) in [6, 6.07) is 28.3. The van der Waals surface area contributed by atoms with Crippen LogP contribution in [-0.2, 0) is 15.1 Å². The van der Waals surface area contributed by atoms with Crippen molar-refractivity contribution in [2.75, 3.05) is 4.90 Å². The maximum absolute atomic E-state index is 14.6. The van der Waals surface area contributed by atoms with Crippen molar-refractivity contribution >= 4 is 39.2 Å². The van der Waals surface area contributed by atoms with Crippen LogP contribution in [0, 0.1) is 17.8 Å². The Labute approximate surface area is 236 Å². The van der Waals surface area contributed by atoms with Crippen LogP contribution in [0.25, 0.3) is 27.4 Å². The number of rotatable bonds is 3. The van der Waals surface area contributed by atoms with E-state index in [1.165, 1.54) is 4.90 Å². The Bertz CT molecular complexity index is 2000. The van der Waals surface area contributed by atoms with Crippen molar-refractivity contribution in [3.05, 3.63) is 113 Å². The minimum Gasteiger partial charge on any atom is -0.297 e. The van der Waals surface area contributed by atoms with Crippen LogP contribution in [0.5, 0.6) is 0 Å². The largest absolute Gasteiger partial charge is 0.297 e. The third-order valence-electron chi connectivity index (χ3n) is 9.08. The van der Waals surface area contributed by atoms with Gasteiger partial charge in [0.05, 0.1) is 34.1 Å². The highest BCUT2D eigenvalue weighted by Gasteiger charge is 2.69. The van der Waals surface area contributed by atoms with Crippen LogP contribution in [0.2, 0.25) is 0 Å². The third-order valence-corrected chi connectivity index (χ3v) is 9.08. The summed E-state index contributed by atoms with van der Waals surface area (Å²) in [5, 5.41) is 6.30. The molecule has 4 atom stereocenters. The molecule has 7 heteroatoms. The number of imide groups is 1. The van der Waals surface area contributed by atoms with Crippen molar-refractivity contribution in [3.63, 3.8) is 0 Å². The molecule has 0 bridgehead atoms. The molecule has 3 aliphatic heterocycles. The van der Waals surface area contributed by atoms with Gasteiger partial charge in [-0.3, -0.25) is 24.3 Å². The smallest absolute Gasteiger partial charge is 0.266 e. The highest BCUT2D eigenvalue weighted by Crippen LogP contribution is 2.56. The Morgan fingerprint density at radius 3 is 2.41 bits per heavy atom. The summed E-state index contributed by atoms with van der Waals surface area (Å²) >= 11 is 0. The number of para-hydroxylation sites is 2. The average Bonchev–Trinajstić information content (AvgIpc) is 3.55. The van der Waals surface area contributed by atoms with Gasteiger partial charge in [0.25, 0.3) is 5.56 Å². The van der Waals surface area contributed by atoms with Crippen molar-refractivity contribution < 1.29 is 9.59 Å². The van der Waals surface area contributed by atoms with E-state index in [9.17, 15) is 14.4 Å². The van der Waals surface area contributed by atoms with E-state index in [0.29, 0.717) is 34.5 Å². The summed E-state index contributed by atoms with van der Waals surface area (Å²) in [4.78, 5) is 49.4. The maximum atomic E-state index is 14.6. The molecule has 2 unspecified atom stereocenters. The molecule has 0 radical (unpaired) electrons. The summed E-state index contributed by atoms with van der Waals surface area (Å²) in [5.41, 5.74) is 1.35. The van der Waals surface area contributed by atoms with Crippen molar-refractivity contribution in [1.29, 1.82) is 0 Å². The molecule has 4 aromatic carbocycles. The van der Waals surface area contributed by atoms with Gasteiger partial charge in [-0.05, 0) is 53.4 Å². The summed E-state index contributed by atoms with van der Waals surface area (Å²) in [5.74, 6) is -1.06. The monoisotopic (exact) mass is 540 g/mol. The van der Waals surface area contributed by atoms with E-state index in [1.807, 2.05) is 84.9 Å². The number of hydrogen-bond donors (Lipinski definition) is 1. The Balaban J connectivity index is 1.39. The molecule has 202 valence electrons. The number of benzene rings is 4. The number of amides is 2. The lowest BCUT2D eigenvalue weighted by Crippen LogP contribution is -2.50. The quantitative estimate of drug-likeness (QED) is 0.329. The SMILES string of the molecule is CC(C)CC1NC2(c3ccccc3-n3c2nc2ccccc2c3=O)[C@H]2C(=O)N(c3ccc4ccccc4c3)C(=O)[C@@H]12. The molecule has 3 aliphatic rings. The van der Waals surface area contributed by atoms with Crippen molar-refractivity contribution in [2.24, 2.45) is 17.8 Å². The molecule has 7 nitrogen and oxygen atoms in total.